The van der Waals surface area contributed by atoms with E-state index in [1.54, 1.807) is 23.1 Å². The van der Waals surface area contributed by atoms with Crippen LogP contribution in [0.5, 0.6) is 11.5 Å². The Kier molecular flexibility index (Phi) is 5.60. The van der Waals surface area contributed by atoms with Crippen molar-refractivity contribution < 1.29 is 14.3 Å². The van der Waals surface area contributed by atoms with Crippen LogP contribution < -0.4 is 9.47 Å². The van der Waals surface area contributed by atoms with E-state index in [-0.39, 0.29) is 12.7 Å². The molecule has 4 heteroatoms. The zero-order chi connectivity index (χ0) is 15.8. The number of ether oxygens (including phenoxy) is 2. The molecule has 0 N–H and O–H groups in total. The van der Waals surface area contributed by atoms with Crippen molar-refractivity contribution >= 4 is 12.0 Å². The minimum Gasteiger partial charge on any atom is -0.454 e. The van der Waals surface area contributed by atoms with E-state index < -0.39 is 0 Å². The number of benzene rings is 1. The van der Waals surface area contributed by atoms with Crippen LogP contribution in [0.15, 0.2) is 61.7 Å². The summed E-state index contributed by atoms with van der Waals surface area (Å²) in [4.78, 5) is 13.6. The zero-order valence-corrected chi connectivity index (χ0v) is 12.4. The van der Waals surface area contributed by atoms with Gasteiger partial charge in [-0.25, -0.2) is 0 Å². The Balaban J connectivity index is 1.94. The van der Waals surface area contributed by atoms with Crippen molar-refractivity contribution in [2.45, 2.75) is 0 Å². The molecule has 1 aliphatic heterocycles. The highest BCUT2D eigenvalue weighted by atomic mass is 16.7. The lowest BCUT2D eigenvalue weighted by Gasteiger charge is -2.16. The maximum absolute atomic E-state index is 12.0. The summed E-state index contributed by atoms with van der Waals surface area (Å²) in [7, 11) is 0. The molecule has 0 fully saturated rings. The molecule has 1 aliphatic rings. The molecule has 1 heterocycles. The minimum absolute atomic E-state index is 0.0739. The Hall–Kier alpha value is -2.75. The van der Waals surface area contributed by atoms with Gasteiger partial charge in [0, 0.05) is 19.2 Å². The van der Waals surface area contributed by atoms with E-state index >= 15 is 0 Å². The van der Waals surface area contributed by atoms with Crippen molar-refractivity contribution in [3.05, 3.63) is 67.3 Å². The third-order valence-electron chi connectivity index (χ3n) is 3.05. The summed E-state index contributed by atoms with van der Waals surface area (Å²) in [5.74, 6) is 1.42. The number of rotatable bonds is 7. The van der Waals surface area contributed by atoms with Crippen molar-refractivity contribution in [3.63, 3.8) is 0 Å². The zero-order valence-electron chi connectivity index (χ0n) is 12.4. The molecule has 0 unspecified atom stereocenters. The predicted molar refractivity (Wildman–Crippen MR) is 87.7 cm³/mol. The van der Waals surface area contributed by atoms with Crippen LogP contribution in [0, 0.1) is 0 Å². The van der Waals surface area contributed by atoms with E-state index in [1.165, 1.54) is 6.08 Å². The first kappa shape index (κ1) is 15.6. The fourth-order valence-electron chi connectivity index (χ4n) is 1.99. The Labute approximate surface area is 130 Å². The minimum atomic E-state index is -0.0739. The Morgan fingerprint density at radius 3 is 2.59 bits per heavy atom. The monoisotopic (exact) mass is 297 g/mol. The Bertz CT molecular complexity index is 607. The molecule has 1 amide bonds. The Morgan fingerprint density at radius 2 is 1.86 bits per heavy atom. The van der Waals surface area contributed by atoms with Crippen LogP contribution in [-0.2, 0) is 4.79 Å². The molecule has 114 valence electrons. The predicted octanol–water partition coefficient (Wildman–Crippen LogP) is 3.19. The first-order valence-electron chi connectivity index (χ1n) is 6.99. The van der Waals surface area contributed by atoms with Gasteiger partial charge in [0.15, 0.2) is 11.5 Å². The highest BCUT2D eigenvalue weighted by molar-refractivity contribution is 5.88. The number of allylic oxidation sites excluding steroid dienone is 2. The number of fused-ring (bicyclic) bond motifs is 1. The van der Waals surface area contributed by atoms with Gasteiger partial charge in [-0.3, -0.25) is 4.79 Å². The average molecular weight is 297 g/mol. The van der Waals surface area contributed by atoms with Crippen LogP contribution >= 0.6 is 0 Å². The third kappa shape index (κ3) is 4.12. The average Bonchev–Trinajstić information content (AvgIpc) is 2.98. The molecule has 0 saturated carbocycles. The SMILES string of the molecule is C=CCN(CC=C)C(=O)/C=C/C=C/c1ccc2c(c1)OCO2. The molecule has 22 heavy (non-hydrogen) atoms. The number of hydrogen-bond donors (Lipinski definition) is 0. The fourth-order valence-corrected chi connectivity index (χ4v) is 1.99. The lowest BCUT2D eigenvalue weighted by Crippen LogP contribution is -2.29. The molecule has 0 atom stereocenters. The quantitative estimate of drug-likeness (QED) is 0.441. The molecular weight excluding hydrogens is 278 g/mol. The van der Waals surface area contributed by atoms with Crippen LogP contribution in [0.1, 0.15) is 5.56 Å². The number of carbonyl (C=O) groups is 1. The summed E-state index contributed by atoms with van der Waals surface area (Å²) in [5.41, 5.74) is 0.982. The summed E-state index contributed by atoms with van der Waals surface area (Å²) in [6.07, 6.45) is 10.3. The highest BCUT2D eigenvalue weighted by Crippen LogP contribution is 2.32. The number of amides is 1. The van der Waals surface area contributed by atoms with Crippen molar-refractivity contribution in [2.75, 3.05) is 19.9 Å². The lowest BCUT2D eigenvalue weighted by molar-refractivity contribution is -0.125. The molecule has 4 nitrogen and oxygen atoms in total. The smallest absolute Gasteiger partial charge is 0.247 e. The van der Waals surface area contributed by atoms with Crippen molar-refractivity contribution in [3.8, 4) is 11.5 Å². The molecule has 0 spiro atoms. The molecule has 0 aromatic heterocycles. The molecule has 2 rings (SSSR count). The van der Waals surface area contributed by atoms with Crippen LogP contribution in [-0.4, -0.2) is 30.7 Å². The maximum Gasteiger partial charge on any atom is 0.247 e. The van der Waals surface area contributed by atoms with Crippen LogP contribution in [0.3, 0.4) is 0 Å². The van der Waals surface area contributed by atoms with Crippen LogP contribution in [0.25, 0.3) is 6.08 Å². The lowest BCUT2D eigenvalue weighted by atomic mass is 10.2. The van der Waals surface area contributed by atoms with E-state index in [0.29, 0.717) is 13.1 Å². The third-order valence-corrected chi connectivity index (χ3v) is 3.05. The van der Waals surface area contributed by atoms with Gasteiger partial charge in [-0.15, -0.1) is 13.2 Å². The fraction of sp³-hybridized carbons (Fsp3) is 0.167. The van der Waals surface area contributed by atoms with Crippen molar-refractivity contribution in [1.29, 1.82) is 0 Å². The van der Waals surface area contributed by atoms with Crippen LogP contribution in [0.4, 0.5) is 0 Å². The largest absolute Gasteiger partial charge is 0.454 e. The molecule has 1 aromatic rings. The second-order valence-corrected chi connectivity index (χ2v) is 4.65. The van der Waals surface area contributed by atoms with Crippen molar-refractivity contribution in [1.82, 2.24) is 4.90 Å². The highest BCUT2D eigenvalue weighted by Gasteiger charge is 2.12. The molecule has 0 radical (unpaired) electrons. The van der Waals surface area contributed by atoms with Gasteiger partial charge in [0.25, 0.3) is 0 Å². The van der Waals surface area contributed by atoms with E-state index in [0.717, 1.165) is 17.1 Å². The van der Waals surface area contributed by atoms with Gasteiger partial charge in [-0.05, 0) is 17.7 Å². The summed E-state index contributed by atoms with van der Waals surface area (Å²) >= 11 is 0. The summed E-state index contributed by atoms with van der Waals surface area (Å²) < 4.78 is 10.6. The van der Waals surface area contributed by atoms with E-state index in [1.807, 2.05) is 30.4 Å². The maximum atomic E-state index is 12.0. The van der Waals surface area contributed by atoms with Gasteiger partial charge in [-0.2, -0.15) is 0 Å². The van der Waals surface area contributed by atoms with Gasteiger partial charge in [-0.1, -0.05) is 36.4 Å². The van der Waals surface area contributed by atoms with Gasteiger partial charge >= 0.3 is 0 Å². The van der Waals surface area contributed by atoms with E-state index in [2.05, 4.69) is 13.2 Å². The molecule has 1 aromatic carbocycles. The molecule has 0 aliphatic carbocycles. The number of nitrogens with zero attached hydrogens (tertiary/aromatic N) is 1. The van der Waals surface area contributed by atoms with Gasteiger partial charge in [0.05, 0.1) is 0 Å². The topological polar surface area (TPSA) is 38.8 Å². The number of hydrogen-bond acceptors (Lipinski definition) is 3. The molecule has 0 saturated heterocycles. The summed E-state index contributed by atoms with van der Waals surface area (Å²) in [5, 5.41) is 0. The summed E-state index contributed by atoms with van der Waals surface area (Å²) in [6, 6.07) is 5.70. The molecule has 0 bridgehead atoms. The van der Waals surface area contributed by atoms with Crippen LogP contribution in [0.2, 0.25) is 0 Å². The summed E-state index contributed by atoms with van der Waals surface area (Å²) in [6.45, 7) is 8.55. The number of carbonyl (C=O) groups excluding carboxylic acids is 1. The second-order valence-electron chi connectivity index (χ2n) is 4.65. The molecular formula is C18H19NO3. The first-order chi connectivity index (χ1) is 10.7. The van der Waals surface area contributed by atoms with Crippen molar-refractivity contribution in [2.24, 2.45) is 0 Å². The van der Waals surface area contributed by atoms with Gasteiger partial charge in [0.2, 0.25) is 12.7 Å². The second kappa shape index (κ2) is 7.88. The standard InChI is InChI=1S/C18H19NO3/c1-3-11-19(12-4-2)18(20)8-6-5-7-15-9-10-16-17(13-15)22-14-21-16/h3-10,13H,1-2,11-12,14H2/b7-5+,8-6+. The van der Waals surface area contributed by atoms with Gasteiger partial charge < -0.3 is 14.4 Å². The Morgan fingerprint density at radius 1 is 1.14 bits per heavy atom. The normalized spacial score (nSPS) is 12.7. The van der Waals surface area contributed by atoms with E-state index in [4.69, 9.17) is 9.47 Å². The van der Waals surface area contributed by atoms with E-state index in [9.17, 15) is 4.79 Å². The van der Waals surface area contributed by atoms with Gasteiger partial charge in [0.1, 0.15) is 0 Å². The first-order valence-corrected chi connectivity index (χ1v) is 6.99.